The number of aliphatic hydroxyl groups is 1. The van der Waals surface area contributed by atoms with E-state index < -0.39 is 23.7 Å². The summed E-state index contributed by atoms with van der Waals surface area (Å²) in [6.45, 7) is 1.71. The average Bonchev–Trinajstić information content (AvgIpc) is 3.05. The van der Waals surface area contributed by atoms with E-state index in [1.54, 1.807) is 13.0 Å². The minimum absolute atomic E-state index is 0.112. The second-order valence-corrected chi connectivity index (χ2v) is 5.04. The third-order valence-electron chi connectivity index (χ3n) is 3.27. The van der Waals surface area contributed by atoms with E-state index in [-0.39, 0.29) is 18.7 Å². The van der Waals surface area contributed by atoms with Gasteiger partial charge in [0.25, 0.3) is 0 Å². The van der Waals surface area contributed by atoms with Crippen LogP contribution in [0.3, 0.4) is 0 Å². The molecule has 122 valence electrons. The monoisotopic (exact) mass is 320 g/mol. The van der Waals surface area contributed by atoms with Crippen LogP contribution in [0.4, 0.5) is 10.1 Å². The Morgan fingerprint density at radius 2 is 2.09 bits per heavy atom. The van der Waals surface area contributed by atoms with Crippen LogP contribution < -0.4 is 10.6 Å². The first-order valence-corrected chi connectivity index (χ1v) is 7.03. The Morgan fingerprint density at radius 3 is 2.74 bits per heavy atom. The molecule has 0 saturated carbocycles. The fourth-order valence-electron chi connectivity index (χ4n) is 1.89. The molecule has 0 aliphatic carbocycles. The number of anilines is 1. The molecule has 7 heteroatoms. The highest BCUT2D eigenvalue weighted by Crippen LogP contribution is 2.16. The summed E-state index contributed by atoms with van der Waals surface area (Å²) in [7, 11) is 0. The van der Waals surface area contributed by atoms with Crippen LogP contribution in [-0.4, -0.2) is 23.5 Å². The van der Waals surface area contributed by atoms with Gasteiger partial charge in [0.2, 0.25) is 0 Å². The van der Waals surface area contributed by atoms with Crippen molar-refractivity contribution in [2.45, 2.75) is 19.4 Å². The van der Waals surface area contributed by atoms with Crippen LogP contribution in [-0.2, 0) is 9.59 Å². The highest BCUT2D eigenvalue weighted by Gasteiger charge is 2.15. The lowest BCUT2D eigenvalue weighted by Gasteiger charge is -2.10. The third kappa shape index (κ3) is 4.65. The first-order chi connectivity index (χ1) is 11.0. The maximum absolute atomic E-state index is 13.4. The van der Waals surface area contributed by atoms with Crippen molar-refractivity contribution in [2.75, 3.05) is 11.9 Å². The molecule has 1 atom stereocenters. The number of aryl methyl sites for hydroxylation is 1. The lowest BCUT2D eigenvalue weighted by atomic mass is 10.1. The van der Waals surface area contributed by atoms with Crippen LogP contribution in [0, 0.1) is 12.7 Å². The molecule has 0 bridgehead atoms. The summed E-state index contributed by atoms with van der Waals surface area (Å²) in [6, 6.07) is 5.77. The second kappa shape index (κ2) is 7.55. The van der Waals surface area contributed by atoms with E-state index in [4.69, 9.17) is 4.42 Å². The number of nitrogens with one attached hydrogen (secondary N) is 2. The second-order valence-electron chi connectivity index (χ2n) is 5.04. The number of carbonyl (C=O) groups excluding carboxylic acids is 2. The summed E-state index contributed by atoms with van der Waals surface area (Å²) in [5.41, 5.74) is 1.24. The molecule has 0 radical (unpaired) electrons. The standard InChI is InChI=1S/C16H17FN2O4/c1-10-2-3-12(8-13(10)17)19-16(22)15(21)18-6-4-14(20)11-5-7-23-9-11/h2-3,5,7-9,14,20H,4,6H2,1H3,(H,18,21)(H,19,22)/t14-/m1/s1. The molecule has 2 aromatic rings. The zero-order valence-corrected chi connectivity index (χ0v) is 12.5. The summed E-state index contributed by atoms with van der Waals surface area (Å²) in [5.74, 6) is -2.22. The zero-order chi connectivity index (χ0) is 16.8. The smallest absolute Gasteiger partial charge is 0.313 e. The van der Waals surface area contributed by atoms with Crippen molar-refractivity contribution < 1.29 is 23.5 Å². The average molecular weight is 320 g/mol. The predicted octanol–water partition coefficient (Wildman–Crippen LogP) is 1.91. The number of amides is 2. The molecule has 0 fully saturated rings. The highest BCUT2D eigenvalue weighted by molar-refractivity contribution is 6.39. The number of rotatable bonds is 5. The van der Waals surface area contributed by atoms with Crippen molar-refractivity contribution in [2.24, 2.45) is 0 Å². The molecule has 6 nitrogen and oxygen atoms in total. The largest absolute Gasteiger partial charge is 0.472 e. The fraction of sp³-hybridized carbons (Fsp3) is 0.250. The Hall–Kier alpha value is -2.67. The zero-order valence-electron chi connectivity index (χ0n) is 12.5. The van der Waals surface area contributed by atoms with Gasteiger partial charge in [-0.3, -0.25) is 9.59 Å². The van der Waals surface area contributed by atoms with E-state index in [2.05, 4.69) is 10.6 Å². The topological polar surface area (TPSA) is 91.6 Å². The van der Waals surface area contributed by atoms with E-state index in [1.807, 2.05) is 0 Å². The van der Waals surface area contributed by atoms with E-state index >= 15 is 0 Å². The van der Waals surface area contributed by atoms with Gasteiger partial charge >= 0.3 is 11.8 Å². The van der Waals surface area contributed by atoms with Crippen molar-refractivity contribution in [3.8, 4) is 0 Å². The minimum atomic E-state index is -0.897. The highest BCUT2D eigenvalue weighted by atomic mass is 19.1. The molecular weight excluding hydrogens is 303 g/mol. The summed E-state index contributed by atoms with van der Waals surface area (Å²) >= 11 is 0. The number of furan rings is 1. The summed E-state index contributed by atoms with van der Waals surface area (Å²) in [5, 5.41) is 14.5. The van der Waals surface area contributed by atoms with Gasteiger partial charge < -0.3 is 20.2 Å². The van der Waals surface area contributed by atoms with E-state index in [1.165, 1.54) is 24.7 Å². The molecule has 0 aliphatic heterocycles. The van der Waals surface area contributed by atoms with Gasteiger partial charge in [-0.25, -0.2) is 4.39 Å². The van der Waals surface area contributed by atoms with Gasteiger partial charge in [0.1, 0.15) is 5.82 Å². The maximum Gasteiger partial charge on any atom is 0.313 e. The number of aliphatic hydroxyl groups excluding tert-OH is 1. The fourth-order valence-corrected chi connectivity index (χ4v) is 1.89. The number of hydrogen-bond acceptors (Lipinski definition) is 4. The van der Waals surface area contributed by atoms with Crippen molar-refractivity contribution in [1.82, 2.24) is 5.32 Å². The first-order valence-electron chi connectivity index (χ1n) is 7.03. The molecule has 1 aromatic carbocycles. The van der Waals surface area contributed by atoms with Gasteiger partial charge in [-0.2, -0.15) is 0 Å². The van der Waals surface area contributed by atoms with Crippen molar-refractivity contribution in [3.63, 3.8) is 0 Å². The lowest BCUT2D eigenvalue weighted by molar-refractivity contribution is -0.136. The summed E-state index contributed by atoms with van der Waals surface area (Å²) in [6.07, 6.45) is 2.29. The molecule has 0 spiro atoms. The maximum atomic E-state index is 13.4. The Labute approximate surface area is 132 Å². The van der Waals surface area contributed by atoms with E-state index in [9.17, 15) is 19.1 Å². The quantitative estimate of drug-likeness (QED) is 0.734. The first kappa shape index (κ1) is 16.7. The van der Waals surface area contributed by atoms with Gasteiger partial charge in [-0.05, 0) is 37.1 Å². The number of benzene rings is 1. The Morgan fingerprint density at radius 1 is 1.30 bits per heavy atom. The van der Waals surface area contributed by atoms with Gasteiger partial charge in [0.05, 0.1) is 18.6 Å². The molecule has 0 aliphatic rings. The van der Waals surface area contributed by atoms with Gasteiger partial charge in [0.15, 0.2) is 0 Å². The minimum Gasteiger partial charge on any atom is -0.472 e. The van der Waals surface area contributed by atoms with Crippen molar-refractivity contribution in [1.29, 1.82) is 0 Å². The van der Waals surface area contributed by atoms with Crippen LogP contribution >= 0.6 is 0 Å². The van der Waals surface area contributed by atoms with E-state index in [0.717, 1.165) is 6.07 Å². The molecule has 1 heterocycles. The SMILES string of the molecule is Cc1ccc(NC(=O)C(=O)NCC[C@@H](O)c2ccoc2)cc1F. The molecule has 1 aromatic heterocycles. The van der Waals surface area contributed by atoms with Crippen LogP contribution in [0.5, 0.6) is 0 Å². The van der Waals surface area contributed by atoms with Crippen molar-refractivity contribution >= 4 is 17.5 Å². The molecule has 23 heavy (non-hydrogen) atoms. The lowest BCUT2D eigenvalue weighted by Crippen LogP contribution is -2.36. The summed E-state index contributed by atoms with van der Waals surface area (Å²) in [4.78, 5) is 23.3. The number of carbonyl (C=O) groups is 2. The number of hydrogen-bond donors (Lipinski definition) is 3. The molecule has 2 amide bonds. The molecular formula is C16H17FN2O4. The molecule has 3 N–H and O–H groups in total. The van der Waals surface area contributed by atoms with Crippen LogP contribution in [0.2, 0.25) is 0 Å². The molecule has 0 saturated heterocycles. The van der Waals surface area contributed by atoms with Crippen LogP contribution in [0.25, 0.3) is 0 Å². The third-order valence-corrected chi connectivity index (χ3v) is 3.27. The number of halogens is 1. The molecule has 2 rings (SSSR count). The van der Waals surface area contributed by atoms with Gasteiger partial charge in [-0.15, -0.1) is 0 Å². The van der Waals surface area contributed by atoms with Crippen LogP contribution in [0.1, 0.15) is 23.7 Å². The van der Waals surface area contributed by atoms with Gasteiger partial charge in [0, 0.05) is 17.8 Å². The van der Waals surface area contributed by atoms with Crippen molar-refractivity contribution in [3.05, 3.63) is 53.7 Å². The predicted molar refractivity (Wildman–Crippen MR) is 81.1 cm³/mol. The normalized spacial score (nSPS) is 11.8. The molecule has 0 unspecified atom stereocenters. The Kier molecular flexibility index (Phi) is 5.48. The van der Waals surface area contributed by atoms with Gasteiger partial charge in [-0.1, -0.05) is 6.07 Å². The Bertz CT molecular complexity index is 685. The Balaban J connectivity index is 1.78. The van der Waals surface area contributed by atoms with E-state index in [0.29, 0.717) is 11.1 Å². The summed E-state index contributed by atoms with van der Waals surface area (Å²) < 4.78 is 18.2. The van der Waals surface area contributed by atoms with Crippen LogP contribution in [0.15, 0.2) is 41.2 Å².